The van der Waals surface area contributed by atoms with Crippen molar-refractivity contribution in [2.45, 2.75) is 0 Å². The van der Waals surface area contributed by atoms with Crippen molar-refractivity contribution in [1.29, 1.82) is 0 Å². The van der Waals surface area contributed by atoms with Gasteiger partial charge in [-0.2, -0.15) is 0 Å². The zero-order chi connectivity index (χ0) is 37.3. The molecule has 0 N–H and O–H groups in total. The smallest absolute Gasteiger partial charge is 0.0540 e. The minimum atomic E-state index is 1.10. The van der Waals surface area contributed by atoms with E-state index in [1.165, 1.54) is 75.8 Å². The second-order valence-electron chi connectivity index (χ2n) is 14.0. The summed E-state index contributed by atoms with van der Waals surface area (Å²) in [5, 5.41) is 2.59. The van der Waals surface area contributed by atoms with Crippen molar-refractivity contribution in [3.8, 4) is 55.6 Å². The van der Waals surface area contributed by atoms with Crippen molar-refractivity contribution in [2.24, 2.45) is 0 Å². The van der Waals surface area contributed by atoms with E-state index in [1.54, 1.807) is 0 Å². The Labute approximate surface area is 332 Å². The summed E-state index contributed by atoms with van der Waals surface area (Å²) in [5.74, 6) is 0. The Morgan fingerprint density at radius 2 is 0.679 bits per heavy atom. The maximum Gasteiger partial charge on any atom is 0.0540 e. The second kappa shape index (κ2) is 14.7. The molecule has 10 rings (SSSR count). The lowest BCUT2D eigenvalue weighted by Gasteiger charge is -2.29. The van der Waals surface area contributed by atoms with Crippen molar-refractivity contribution in [1.82, 2.24) is 0 Å². The van der Waals surface area contributed by atoms with Crippen LogP contribution in [0.3, 0.4) is 0 Å². The Kier molecular flexibility index (Phi) is 8.79. The highest BCUT2D eigenvalue weighted by atomic mass is 32.1. The highest BCUT2D eigenvalue weighted by Gasteiger charge is 2.21. The molecule has 1 heterocycles. The molecular formula is C54H37NS. The van der Waals surface area contributed by atoms with Crippen LogP contribution in [0.2, 0.25) is 0 Å². The van der Waals surface area contributed by atoms with E-state index in [2.05, 4.69) is 229 Å². The van der Waals surface area contributed by atoms with E-state index in [-0.39, 0.29) is 0 Å². The first-order valence-electron chi connectivity index (χ1n) is 19.1. The molecule has 2 heteroatoms. The normalized spacial score (nSPS) is 11.2. The molecule has 0 saturated heterocycles. The number of benzene rings is 9. The monoisotopic (exact) mass is 731 g/mol. The van der Waals surface area contributed by atoms with Gasteiger partial charge >= 0.3 is 0 Å². The van der Waals surface area contributed by atoms with Crippen molar-refractivity contribution in [3.05, 3.63) is 224 Å². The zero-order valence-corrected chi connectivity index (χ0v) is 31.5. The molecule has 0 aliphatic carbocycles. The Bertz CT molecular complexity index is 2960. The van der Waals surface area contributed by atoms with Crippen LogP contribution in [0.25, 0.3) is 75.8 Å². The Morgan fingerprint density at radius 1 is 0.268 bits per heavy atom. The van der Waals surface area contributed by atoms with Crippen molar-refractivity contribution in [2.75, 3.05) is 4.90 Å². The van der Waals surface area contributed by atoms with E-state index >= 15 is 0 Å². The molecule has 0 radical (unpaired) electrons. The van der Waals surface area contributed by atoms with Gasteiger partial charge in [0.15, 0.2) is 0 Å². The maximum absolute atomic E-state index is 2.44. The molecule has 0 saturated carbocycles. The molecule has 0 aliphatic heterocycles. The number of hydrogen-bond acceptors (Lipinski definition) is 2. The highest BCUT2D eigenvalue weighted by Crippen LogP contribution is 2.47. The van der Waals surface area contributed by atoms with E-state index in [1.807, 2.05) is 11.3 Å². The van der Waals surface area contributed by atoms with Crippen LogP contribution >= 0.6 is 11.3 Å². The van der Waals surface area contributed by atoms with Gasteiger partial charge in [0, 0.05) is 37.1 Å². The molecule has 56 heavy (non-hydrogen) atoms. The van der Waals surface area contributed by atoms with Gasteiger partial charge in [-0.05, 0) is 86.5 Å². The minimum absolute atomic E-state index is 1.10. The fourth-order valence-corrected chi connectivity index (χ4v) is 9.25. The van der Waals surface area contributed by atoms with Crippen LogP contribution in [0.1, 0.15) is 0 Å². The molecule has 0 aliphatic rings. The summed E-state index contributed by atoms with van der Waals surface area (Å²) >= 11 is 1.86. The number of nitrogens with zero attached hydrogens (tertiary/aromatic N) is 1. The van der Waals surface area contributed by atoms with Crippen LogP contribution in [0.4, 0.5) is 17.1 Å². The predicted molar refractivity (Wildman–Crippen MR) is 241 cm³/mol. The van der Waals surface area contributed by atoms with Crippen LogP contribution in [0.15, 0.2) is 224 Å². The third-order valence-electron chi connectivity index (χ3n) is 10.7. The van der Waals surface area contributed by atoms with Gasteiger partial charge in [-0.1, -0.05) is 188 Å². The predicted octanol–water partition coefficient (Wildman–Crippen LogP) is 15.9. The van der Waals surface area contributed by atoms with Crippen molar-refractivity contribution in [3.63, 3.8) is 0 Å². The summed E-state index contributed by atoms with van der Waals surface area (Å²) in [6.45, 7) is 0. The summed E-state index contributed by atoms with van der Waals surface area (Å²) < 4.78 is 2.58. The van der Waals surface area contributed by atoms with Crippen LogP contribution in [0.5, 0.6) is 0 Å². The summed E-state index contributed by atoms with van der Waals surface area (Å²) in [6, 6.07) is 81.3. The number of thiophene rings is 1. The SMILES string of the molecule is c1ccc(-c2ccccc2-c2ccc(N(c3ccc4c(c3)sc3ccccc34)c3ccccc3-c3ccccc3-c3ccccc3-c3ccccc3)cc2)cc1. The van der Waals surface area contributed by atoms with E-state index in [9.17, 15) is 0 Å². The molecule has 1 aromatic heterocycles. The third-order valence-corrected chi connectivity index (χ3v) is 11.9. The molecule has 0 bridgehead atoms. The summed E-state index contributed by atoms with van der Waals surface area (Å²) in [5.41, 5.74) is 15.4. The van der Waals surface area contributed by atoms with Gasteiger partial charge < -0.3 is 4.90 Å². The molecule has 0 atom stereocenters. The largest absolute Gasteiger partial charge is 0.310 e. The summed E-state index contributed by atoms with van der Waals surface area (Å²) in [6.07, 6.45) is 0. The Balaban J connectivity index is 1.15. The lowest BCUT2D eigenvalue weighted by molar-refractivity contribution is 1.29. The van der Waals surface area contributed by atoms with Gasteiger partial charge in [0.05, 0.1) is 5.69 Å². The number of rotatable bonds is 8. The van der Waals surface area contributed by atoms with E-state index < -0.39 is 0 Å². The van der Waals surface area contributed by atoms with Crippen LogP contribution in [-0.4, -0.2) is 0 Å². The third kappa shape index (κ3) is 6.17. The average molecular weight is 732 g/mol. The molecular weight excluding hydrogens is 695 g/mol. The highest BCUT2D eigenvalue weighted by molar-refractivity contribution is 7.25. The van der Waals surface area contributed by atoms with Crippen LogP contribution < -0.4 is 4.90 Å². The van der Waals surface area contributed by atoms with Crippen LogP contribution in [-0.2, 0) is 0 Å². The van der Waals surface area contributed by atoms with Gasteiger partial charge in [0.1, 0.15) is 0 Å². The maximum atomic E-state index is 2.44. The van der Waals surface area contributed by atoms with Gasteiger partial charge in [0.2, 0.25) is 0 Å². The number of hydrogen-bond donors (Lipinski definition) is 0. The fourth-order valence-electron chi connectivity index (χ4n) is 8.11. The zero-order valence-electron chi connectivity index (χ0n) is 30.7. The molecule has 9 aromatic carbocycles. The molecule has 0 amide bonds. The first-order chi connectivity index (χ1) is 27.8. The minimum Gasteiger partial charge on any atom is -0.310 e. The van der Waals surface area contributed by atoms with Gasteiger partial charge in [-0.25, -0.2) is 0 Å². The summed E-state index contributed by atoms with van der Waals surface area (Å²) in [7, 11) is 0. The Hall–Kier alpha value is -7.00. The lowest BCUT2D eigenvalue weighted by Crippen LogP contribution is -2.11. The summed E-state index contributed by atoms with van der Waals surface area (Å²) in [4.78, 5) is 2.44. The quantitative estimate of drug-likeness (QED) is 0.150. The molecule has 10 aromatic rings. The molecule has 0 spiro atoms. The number of para-hydroxylation sites is 1. The van der Waals surface area contributed by atoms with Crippen LogP contribution in [0, 0.1) is 0 Å². The topological polar surface area (TPSA) is 3.24 Å². The van der Waals surface area contributed by atoms with Crippen molar-refractivity contribution < 1.29 is 0 Å². The van der Waals surface area contributed by atoms with E-state index in [4.69, 9.17) is 0 Å². The Morgan fingerprint density at radius 3 is 1.30 bits per heavy atom. The number of anilines is 3. The standard InChI is InChI=1S/C54H37NS/c1-3-17-38(18-4-1)43-21-7-8-22-44(43)40-31-33-41(34-32-40)55(42-35-36-51-50-28-14-16-30-53(50)56-54(51)37-42)52-29-15-13-27-49(52)48-26-12-11-25-47(48)46-24-10-9-23-45(46)39-19-5-2-6-20-39/h1-37H. The molecule has 0 fully saturated rings. The average Bonchev–Trinajstić information content (AvgIpc) is 3.66. The molecule has 1 nitrogen and oxygen atoms in total. The van der Waals surface area contributed by atoms with Crippen molar-refractivity contribution >= 4 is 48.6 Å². The van der Waals surface area contributed by atoms with E-state index in [0.29, 0.717) is 0 Å². The number of fused-ring (bicyclic) bond motifs is 3. The molecule has 264 valence electrons. The van der Waals surface area contributed by atoms with Gasteiger partial charge in [-0.3, -0.25) is 0 Å². The lowest BCUT2D eigenvalue weighted by atomic mass is 9.88. The van der Waals surface area contributed by atoms with E-state index in [0.717, 1.165) is 17.1 Å². The molecule has 0 unspecified atom stereocenters. The van der Waals surface area contributed by atoms with Gasteiger partial charge in [0.25, 0.3) is 0 Å². The first-order valence-corrected chi connectivity index (χ1v) is 19.9. The first kappa shape index (κ1) is 33.6. The second-order valence-corrected chi connectivity index (χ2v) is 15.1. The fraction of sp³-hybridized carbons (Fsp3) is 0. The van der Waals surface area contributed by atoms with Gasteiger partial charge in [-0.15, -0.1) is 11.3 Å².